The van der Waals surface area contributed by atoms with Gasteiger partial charge in [0.15, 0.2) is 0 Å². The van der Waals surface area contributed by atoms with E-state index in [4.69, 9.17) is 9.97 Å². The van der Waals surface area contributed by atoms with Crippen molar-refractivity contribution in [3.8, 4) is 0 Å². The average Bonchev–Trinajstić information content (AvgIpc) is 2.79. The van der Waals surface area contributed by atoms with Gasteiger partial charge in [-0.15, -0.1) is 0 Å². The first-order valence-corrected chi connectivity index (χ1v) is 12.1. The molecule has 0 atom stereocenters. The fraction of sp³-hybridized carbons (Fsp3) is 0.448. The van der Waals surface area contributed by atoms with Gasteiger partial charge in [-0.3, -0.25) is 14.9 Å². The normalized spacial score (nSPS) is 11.8. The first kappa shape index (κ1) is 25.1. The zero-order valence-corrected chi connectivity index (χ0v) is 21.3. The second-order valence-corrected chi connectivity index (χ2v) is 9.79. The molecule has 2 heterocycles. The second-order valence-electron chi connectivity index (χ2n) is 9.79. The van der Waals surface area contributed by atoms with E-state index in [9.17, 15) is 0 Å². The number of nitrogens with zero attached hydrogens (tertiary/aromatic N) is 3. The van der Waals surface area contributed by atoms with Gasteiger partial charge in [0.25, 0.3) is 0 Å². The Kier molecular flexibility index (Phi) is 8.76. The molecule has 1 N–H and O–H groups in total. The molecule has 33 heavy (non-hydrogen) atoms. The summed E-state index contributed by atoms with van der Waals surface area (Å²) >= 11 is 0. The lowest BCUT2D eigenvalue weighted by Crippen LogP contribution is -2.29. The van der Waals surface area contributed by atoms with E-state index in [0.29, 0.717) is 0 Å². The summed E-state index contributed by atoms with van der Waals surface area (Å²) in [5.74, 6) is 0. The molecule has 2 aromatic heterocycles. The van der Waals surface area contributed by atoms with Crippen LogP contribution in [0.5, 0.6) is 0 Å². The Morgan fingerprint density at radius 3 is 2.30 bits per heavy atom. The summed E-state index contributed by atoms with van der Waals surface area (Å²) in [6.45, 7) is 14.8. The fourth-order valence-corrected chi connectivity index (χ4v) is 4.44. The third kappa shape index (κ3) is 6.72. The van der Waals surface area contributed by atoms with Gasteiger partial charge in [-0.1, -0.05) is 55.8 Å². The Morgan fingerprint density at radius 2 is 1.61 bits per heavy atom. The van der Waals surface area contributed by atoms with Crippen LogP contribution in [0.4, 0.5) is 0 Å². The lowest BCUT2D eigenvalue weighted by Gasteiger charge is -2.30. The number of benzene rings is 1. The molecule has 0 saturated carbocycles. The summed E-state index contributed by atoms with van der Waals surface area (Å²) < 4.78 is 0. The van der Waals surface area contributed by atoms with Gasteiger partial charge < -0.3 is 5.32 Å². The largest absolute Gasteiger partial charge is 0.320 e. The number of hydrogen-bond donors (Lipinski definition) is 1. The number of nitrogens with one attached hydrogen (secondary N) is 1. The summed E-state index contributed by atoms with van der Waals surface area (Å²) in [5.41, 5.74) is 8.56. The molecular formula is C29H40N4. The van der Waals surface area contributed by atoms with Crippen molar-refractivity contribution in [2.45, 2.75) is 66.0 Å². The molecule has 1 aromatic carbocycles. The van der Waals surface area contributed by atoms with Gasteiger partial charge in [0.1, 0.15) is 0 Å². The van der Waals surface area contributed by atoms with E-state index in [1.807, 2.05) is 19.4 Å². The van der Waals surface area contributed by atoms with Crippen molar-refractivity contribution in [1.82, 2.24) is 20.2 Å². The molecule has 0 unspecified atom stereocenters. The monoisotopic (exact) mass is 444 g/mol. The SMILES string of the molecule is CNCCCCN(Cc1ncc(C)cc1C)Cc1ncccc1C(C)(C)c1ccc(C)cc1. The lowest BCUT2D eigenvalue weighted by molar-refractivity contribution is 0.243. The van der Waals surface area contributed by atoms with Gasteiger partial charge in [-0.25, -0.2) is 0 Å². The van der Waals surface area contributed by atoms with E-state index in [2.05, 4.69) is 87.3 Å². The molecule has 0 aliphatic heterocycles. The zero-order valence-electron chi connectivity index (χ0n) is 21.3. The molecule has 0 amide bonds. The van der Waals surface area contributed by atoms with Crippen molar-refractivity contribution < 1.29 is 0 Å². The summed E-state index contributed by atoms with van der Waals surface area (Å²) in [5, 5.41) is 3.26. The highest BCUT2D eigenvalue weighted by Gasteiger charge is 2.27. The molecule has 176 valence electrons. The predicted octanol–water partition coefficient (Wildman–Crippen LogP) is 5.73. The van der Waals surface area contributed by atoms with Crippen molar-refractivity contribution in [2.24, 2.45) is 0 Å². The van der Waals surface area contributed by atoms with Gasteiger partial charge in [-0.05, 0) is 82.1 Å². The minimum absolute atomic E-state index is 0.118. The lowest BCUT2D eigenvalue weighted by atomic mass is 9.77. The molecule has 0 fully saturated rings. The van der Waals surface area contributed by atoms with E-state index < -0.39 is 0 Å². The van der Waals surface area contributed by atoms with Crippen LogP contribution >= 0.6 is 0 Å². The number of rotatable bonds is 11. The summed E-state index contributed by atoms with van der Waals surface area (Å²) in [6, 6.07) is 15.4. The molecule has 0 radical (unpaired) electrons. The predicted molar refractivity (Wildman–Crippen MR) is 139 cm³/mol. The Balaban J connectivity index is 1.88. The van der Waals surface area contributed by atoms with Crippen molar-refractivity contribution in [3.63, 3.8) is 0 Å². The molecule has 0 spiro atoms. The highest BCUT2D eigenvalue weighted by molar-refractivity contribution is 5.40. The van der Waals surface area contributed by atoms with E-state index >= 15 is 0 Å². The van der Waals surface area contributed by atoms with Crippen LogP contribution in [0.1, 0.15) is 65.9 Å². The number of aromatic nitrogens is 2. The Bertz CT molecular complexity index is 1020. The third-order valence-electron chi connectivity index (χ3n) is 6.56. The summed E-state index contributed by atoms with van der Waals surface area (Å²) in [6.07, 6.45) is 6.22. The number of hydrogen-bond acceptors (Lipinski definition) is 4. The molecule has 3 aromatic rings. The van der Waals surface area contributed by atoms with Crippen LogP contribution in [0, 0.1) is 20.8 Å². The summed E-state index contributed by atoms with van der Waals surface area (Å²) in [7, 11) is 2.02. The van der Waals surface area contributed by atoms with Gasteiger partial charge in [0, 0.05) is 30.9 Å². The van der Waals surface area contributed by atoms with Crippen molar-refractivity contribution >= 4 is 0 Å². The molecule has 4 nitrogen and oxygen atoms in total. The summed E-state index contributed by atoms with van der Waals surface area (Å²) in [4.78, 5) is 12.1. The first-order chi connectivity index (χ1) is 15.8. The zero-order chi connectivity index (χ0) is 23.8. The maximum Gasteiger partial charge on any atom is 0.0584 e. The molecule has 0 bridgehead atoms. The van der Waals surface area contributed by atoms with Crippen LogP contribution in [-0.2, 0) is 18.5 Å². The number of aryl methyl sites for hydroxylation is 3. The van der Waals surface area contributed by atoms with E-state index in [1.54, 1.807) is 0 Å². The third-order valence-corrected chi connectivity index (χ3v) is 6.56. The van der Waals surface area contributed by atoms with Gasteiger partial charge in [-0.2, -0.15) is 0 Å². The van der Waals surface area contributed by atoms with Gasteiger partial charge >= 0.3 is 0 Å². The maximum absolute atomic E-state index is 4.88. The second kappa shape index (κ2) is 11.5. The number of unbranched alkanes of at least 4 members (excludes halogenated alkanes) is 1. The van der Waals surface area contributed by atoms with E-state index in [1.165, 1.54) is 27.8 Å². The smallest absolute Gasteiger partial charge is 0.0584 e. The van der Waals surface area contributed by atoms with Crippen LogP contribution in [-0.4, -0.2) is 35.0 Å². The minimum atomic E-state index is -0.118. The molecular weight excluding hydrogens is 404 g/mol. The Morgan fingerprint density at radius 1 is 0.879 bits per heavy atom. The van der Waals surface area contributed by atoms with Crippen LogP contribution in [0.25, 0.3) is 0 Å². The number of pyridine rings is 2. The van der Waals surface area contributed by atoms with Crippen molar-refractivity contribution in [3.05, 3.63) is 94.1 Å². The van der Waals surface area contributed by atoms with Crippen LogP contribution in [0.2, 0.25) is 0 Å². The van der Waals surface area contributed by atoms with Gasteiger partial charge in [0.05, 0.1) is 11.4 Å². The molecule has 0 saturated heterocycles. The quantitative estimate of drug-likeness (QED) is 0.384. The highest BCUT2D eigenvalue weighted by atomic mass is 15.1. The molecule has 4 heteroatoms. The fourth-order valence-electron chi connectivity index (χ4n) is 4.44. The van der Waals surface area contributed by atoms with Crippen LogP contribution in [0.15, 0.2) is 54.9 Å². The highest BCUT2D eigenvalue weighted by Crippen LogP contribution is 2.33. The topological polar surface area (TPSA) is 41.0 Å². The maximum atomic E-state index is 4.88. The van der Waals surface area contributed by atoms with Gasteiger partial charge in [0.2, 0.25) is 0 Å². The Labute approximate surface area is 200 Å². The molecule has 0 aliphatic rings. The van der Waals surface area contributed by atoms with Crippen LogP contribution < -0.4 is 5.32 Å². The first-order valence-electron chi connectivity index (χ1n) is 12.1. The average molecular weight is 445 g/mol. The molecule has 0 aliphatic carbocycles. The Hall–Kier alpha value is -2.56. The van der Waals surface area contributed by atoms with E-state index in [-0.39, 0.29) is 5.41 Å². The van der Waals surface area contributed by atoms with E-state index in [0.717, 1.165) is 50.4 Å². The minimum Gasteiger partial charge on any atom is -0.320 e. The van der Waals surface area contributed by atoms with Crippen LogP contribution in [0.3, 0.4) is 0 Å². The molecule has 3 rings (SSSR count). The van der Waals surface area contributed by atoms with Crippen molar-refractivity contribution in [2.75, 3.05) is 20.1 Å². The standard InChI is InChI=1S/C29H40N4/c1-22-11-13-25(14-12-22)29(4,5)26-10-9-16-31-28(26)21-33(17-8-7-15-30-6)20-27-24(3)18-23(2)19-32-27/h9-14,16,18-19,30H,7-8,15,17,20-21H2,1-6H3. The van der Waals surface area contributed by atoms with Crippen molar-refractivity contribution in [1.29, 1.82) is 0 Å².